The average molecular weight is 338 g/mol. The van der Waals surface area contributed by atoms with E-state index in [9.17, 15) is 19.5 Å². The van der Waals surface area contributed by atoms with Crippen LogP contribution in [0.15, 0.2) is 22.8 Å². The van der Waals surface area contributed by atoms with Crippen LogP contribution in [0.5, 0.6) is 0 Å². The smallest absolute Gasteiger partial charge is 0.317 e. The van der Waals surface area contributed by atoms with Gasteiger partial charge >= 0.3 is 11.9 Å². The lowest BCUT2D eigenvalue weighted by atomic mass is 9.63. The maximum Gasteiger partial charge on any atom is 0.317 e. The van der Waals surface area contributed by atoms with Gasteiger partial charge in [0.05, 0.1) is 36.9 Å². The van der Waals surface area contributed by atoms with Crippen LogP contribution in [0.3, 0.4) is 0 Å². The summed E-state index contributed by atoms with van der Waals surface area (Å²) in [6, 6.07) is 3.16. The van der Waals surface area contributed by atoms with Gasteiger partial charge < -0.3 is 19.0 Å². The van der Waals surface area contributed by atoms with Gasteiger partial charge in [0.1, 0.15) is 11.7 Å². The Morgan fingerprint density at radius 1 is 1.29 bits per heavy atom. The average Bonchev–Trinajstić information content (AvgIpc) is 2.99. The van der Waals surface area contributed by atoms with Crippen molar-refractivity contribution in [2.75, 3.05) is 13.2 Å². The first-order chi connectivity index (χ1) is 11.3. The van der Waals surface area contributed by atoms with Crippen molar-refractivity contribution < 1.29 is 33.4 Å². The second kappa shape index (κ2) is 7.17. The first-order valence-corrected chi connectivity index (χ1v) is 7.95. The summed E-state index contributed by atoms with van der Waals surface area (Å²) < 4.78 is 15.4. The molecule has 0 saturated heterocycles. The molecule has 0 aliphatic heterocycles. The van der Waals surface area contributed by atoms with Gasteiger partial charge in [0.15, 0.2) is 5.78 Å². The van der Waals surface area contributed by atoms with Gasteiger partial charge in [-0.15, -0.1) is 0 Å². The number of ether oxygens (including phenoxy) is 2. The van der Waals surface area contributed by atoms with E-state index in [1.165, 1.54) is 13.2 Å². The third kappa shape index (κ3) is 3.36. The topological polar surface area (TPSA) is 103 Å². The molecule has 0 unspecified atom stereocenters. The van der Waals surface area contributed by atoms with Crippen molar-refractivity contribution in [3.8, 4) is 0 Å². The van der Waals surface area contributed by atoms with Crippen molar-refractivity contribution in [2.45, 2.75) is 38.7 Å². The van der Waals surface area contributed by atoms with Gasteiger partial charge in [0.25, 0.3) is 0 Å². The highest BCUT2D eigenvalue weighted by Gasteiger charge is 2.58. The Bertz CT molecular complexity index is 602. The van der Waals surface area contributed by atoms with Crippen molar-refractivity contribution in [1.29, 1.82) is 0 Å². The number of hydrogen-bond acceptors (Lipinski definition) is 7. The van der Waals surface area contributed by atoms with Crippen molar-refractivity contribution in [3.63, 3.8) is 0 Å². The molecule has 0 radical (unpaired) electrons. The number of carbonyl (C=O) groups excluding carboxylic acids is 3. The van der Waals surface area contributed by atoms with Crippen molar-refractivity contribution in [1.82, 2.24) is 0 Å². The Balaban J connectivity index is 2.53. The second-order valence-electron chi connectivity index (χ2n) is 6.00. The molecule has 1 heterocycles. The standard InChI is InChI=1S/C17H22O7/c1-4-22-15(19)12-10(18)9-17(3,21)14(16(20)23-5-2)13(12)11-7-6-8-24-11/h6-8,12-14,21H,4-5,9H2,1-3H3/t12-,13+,14+,17+/m0/s1. The van der Waals surface area contributed by atoms with Gasteiger partial charge in [-0.1, -0.05) is 0 Å². The highest BCUT2D eigenvalue weighted by molar-refractivity contribution is 6.02. The van der Waals surface area contributed by atoms with Crippen LogP contribution in [0.1, 0.15) is 38.9 Å². The molecule has 1 saturated carbocycles. The second-order valence-corrected chi connectivity index (χ2v) is 6.00. The Hall–Kier alpha value is -2.15. The molecule has 0 spiro atoms. The van der Waals surface area contributed by atoms with E-state index >= 15 is 0 Å². The number of hydrogen-bond donors (Lipinski definition) is 1. The summed E-state index contributed by atoms with van der Waals surface area (Å²) in [5, 5.41) is 10.7. The molecule has 1 aliphatic carbocycles. The number of rotatable bonds is 5. The SMILES string of the molecule is CCOC(=O)[C@H]1C(=O)C[C@@](C)(O)[C@@H](C(=O)OCC)[C@@H]1c1ccco1. The first kappa shape index (κ1) is 18.2. The molecule has 1 aliphatic rings. The molecule has 1 N–H and O–H groups in total. The van der Waals surface area contributed by atoms with Crippen LogP contribution in [0.25, 0.3) is 0 Å². The molecule has 1 aromatic rings. The highest BCUT2D eigenvalue weighted by Crippen LogP contribution is 2.46. The Labute approximate surface area is 139 Å². The first-order valence-electron chi connectivity index (χ1n) is 7.95. The van der Waals surface area contributed by atoms with E-state index in [2.05, 4.69) is 0 Å². The van der Waals surface area contributed by atoms with Crippen LogP contribution in [0.4, 0.5) is 0 Å². The Kier molecular flexibility index (Phi) is 5.43. The summed E-state index contributed by atoms with van der Waals surface area (Å²) in [7, 11) is 0. The Morgan fingerprint density at radius 2 is 1.92 bits per heavy atom. The van der Waals surface area contributed by atoms with E-state index in [0.717, 1.165) is 0 Å². The molecule has 4 atom stereocenters. The monoisotopic (exact) mass is 338 g/mol. The van der Waals surface area contributed by atoms with Crippen molar-refractivity contribution in [3.05, 3.63) is 24.2 Å². The number of Topliss-reactive ketones (excluding diaryl/α,β-unsaturated/α-hetero) is 1. The number of furan rings is 1. The number of esters is 2. The number of ketones is 1. The maximum absolute atomic E-state index is 12.5. The fourth-order valence-electron chi connectivity index (χ4n) is 3.30. The molecule has 7 nitrogen and oxygen atoms in total. The van der Waals surface area contributed by atoms with Crippen LogP contribution in [-0.4, -0.2) is 41.6 Å². The zero-order chi connectivity index (χ0) is 17.9. The lowest BCUT2D eigenvalue weighted by Gasteiger charge is -2.42. The van der Waals surface area contributed by atoms with E-state index < -0.39 is 41.1 Å². The molecule has 0 aromatic carbocycles. The minimum Gasteiger partial charge on any atom is -0.469 e. The summed E-state index contributed by atoms with van der Waals surface area (Å²) in [6.45, 7) is 4.89. The fraction of sp³-hybridized carbons (Fsp3) is 0.588. The van der Waals surface area contributed by atoms with Gasteiger partial charge in [0, 0.05) is 6.42 Å². The molecule has 0 amide bonds. The predicted molar refractivity (Wildman–Crippen MR) is 81.9 cm³/mol. The Morgan fingerprint density at radius 3 is 2.46 bits per heavy atom. The lowest BCUT2D eigenvalue weighted by molar-refractivity contribution is -0.173. The van der Waals surface area contributed by atoms with Crippen molar-refractivity contribution in [2.24, 2.45) is 11.8 Å². The molecule has 1 aromatic heterocycles. The third-order valence-electron chi connectivity index (χ3n) is 4.22. The van der Waals surface area contributed by atoms with Gasteiger partial charge in [-0.05, 0) is 32.9 Å². The zero-order valence-corrected chi connectivity index (χ0v) is 14.0. The van der Waals surface area contributed by atoms with E-state index in [0.29, 0.717) is 0 Å². The van der Waals surface area contributed by atoms with Crippen LogP contribution in [0.2, 0.25) is 0 Å². The molecule has 132 valence electrons. The summed E-state index contributed by atoms with van der Waals surface area (Å²) in [6.07, 6.45) is 1.05. The number of aliphatic hydroxyl groups is 1. The molecule has 2 rings (SSSR count). The minimum atomic E-state index is -1.65. The molecule has 24 heavy (non-hydrogen) atoms. The third-order valence-corrected chi connectivity index (χ3v) is 4.22. The van der Waals surface area contributed by atoms with Gasteiger partial charge in [-0.2, -0.15) is 0 Å². The largest absolute Gasteiger partial charge is 0.469 e. The van der Waals surface area contributed by atoms with E-state index in [4.69, 9.17) is 13.9 Å². The molecular formula is C17H22O7. The van der Waals surface area contributed by atoms with E-state index in [-0.39, 0.29) is 25.4 Å². The quantitative estimate of drug-likeness (QED) is 0.640. The van der Waals surface area contributed by atoms with E-state index in [1.54, 1.807) is 26.0 Å². The molecular weight excluding hydrogens is 316 g/mol. The van der Waals surface area contributed by atoms with Crippen LogP contribution >= 0.6 is 0 Å². The predicted octanol–water partition coefficient (Wildman–Crippen LogP) is 1.45. The minimum absolute atomic E-state index is 0.105. The van der Waals surface area contributed by atoms with Crippen LogP contribution in [0, 0.1) is 11.8 Å². The van der Waals surface area contributed by atoms with Gasteiger partial charge in [-0.25, -0.2) is 0 Å². The maximum atomic E-state index is 12.5. The molecule has 0 bridgehead atoms. The molecule has 7 heteroatoms. The molecule has 1 fully saturated rings. The lowest BCUT2D eigenvalue weighted by Crippen LogP contribution is -2.55. The summed E-state index contributed by atoms with van der Waals surface area (Å²) >= 11 is 0. The van der Waals surface area contributed by atoms with Gasteiger partial charge in [-0.3, -0.25) is 14.4 Å². The zero-order valence-electron chi connectivity index (χ0n) is 14.0. The normalized spacial score (nSPS) is 30.0. The summed E-state index contributed by atoms with van der Waals surface area (Å²) in [4.78, 5) is 37.3. The highest BCUT2D eigenvalue weighted by atomic mass is 16.5. The fourth-order valence-corrected chi connectivity index (χ4v) is 3.30. The van der Waals surface area contributed by atoms with Crippen LogP contribution in [-0.2, 0) is 23.9 Å². The summed E-state index contributed by atoms with van der Waals surface area (Å²) in [5.74, 6) is -4.94. The van der Waals surface area contributed by atoms with Crippen molar-refractivity contribution >= 4 is 17.7 Å². The number of carbonyl (C=O) groups is 3. The van der Waals surface area contributed by atoms with E-state index in [1.807, 2.05) is 0 Å². The summed E-state index contributed by atoms with van der Waals surface area (Å²) in [5.41, 5.74) is -1.65. The van der Waals surface area contributed by atoms with Crippen LogP contribution < -0.4 is 0 Å². The van der Waals surface area contributed by atoms with Gasteiger partial charge in [0.2, 0.25) is 0 Å².